The number of hydrogen-bond donors (Lipinski definition) is 3. The maximum absolute atomic E-state index is 12.5. The smallest absolute Gasteiger partial charge is 0.272 e. The molecule has 1 saturated carbocycles. The fourth-order valence-corrected chi connectivity index (χ4v) is 2.75. The van der Waals surface area contributed by atoms with Gasteiger partial charge in [-0.15, -0.1) is 0 Å². The van der Waals surface area contributed by atoms with Crippen LogP contribution >= 0.6 is 0 Å². The van der Waals surface area contributed by atoms with E-state index in [1.54, 1.807) is 0 Å². The van der Waals surface area contributed by atoms with Crippen molar-refractivity contribution >= 4 is 11.6 Å². The molecule has 30 heavy (non-hydrogen) atoms. The van der Waals surface area contributed by atoms with Crippen LogP contribution < -0.4 is 15.3 Å². The first-order chi connectivity index (χ1) is 14.5. The summed E-state index contributed by atoms with van der Waals surface area (Å²) < 4.78 is 55.3. The second kappa shape index (κ2) is 19.0. The van der Waals surface area contributed by atoms with Crippen LogP contribution in [0.4, 0.5) is 28.0 Å². The van der Waals surface area contributed by atoms with Crippen LogP contribution in [0.3, 0.4) is 0 Å². The fraction of sp³-hybridized carbons (Fsp3) is 0.632. The Morgan fingerprint density at radius 2 is 1.77 bits per heavy atom. The van der Waals surface area contributed by atoms with Gasteiger partial charge >= 0.3 is 0 Å². The Balaban J connectivity index is 0. The number of ether oxygens (including phenoxy) is 1. The SMILES string of the molecule is CC.CF.CO[NH+](O)c1ccc(OCC(F)F)c(C(=O)NC2CCCCC2)c1.FF. The lowest BCUT2D eigenvalue weighted by Gasteiger charge is -2.23. The van der Waals surface area contributed by atoms with Crippen molar-refractivity contribution < 1.29 is 47.1 Å². The molecule has 1 aromatic rings. The third-order valence-corrected chi connectivity index (χ3v) is 3.97. The van der Waals surface area contributed by atoms with Crippen molar-refractivity contribution in [2.75, 3.05) is 20.9 Å². The molecule has 1 aliphatic carbocycles. The Bertz CT molecular complexity index is 562. The first kappa shape index (κ1) is 30.2. The zero-order valence-electron chi connectivity index (χ0n) is 17.7. The highest BCUT2D eigenvalue weighted by Gasteiger charge is 2.22. The lowest BCUT2D eigenvalue weighted by molar-refractivity contribution is -1.19. The summed E-state index contributed by atoms with van der Waals surface area (Å²) in [6.07, 6.45) is 2.41. The van der Waals surface area contributed by atoms with Gasteiger partial charge in [0.05, 0.1) is 12.7 Å². The Kier molecular flexibility index (Phi) is 19.1. The van der Waals surface area contributed by atoms with Crippen molar-refractivity contribution in [2.45, 2.75) is 58.4 Å². The summed E-state index contributed by atoms with van der Waals surface area (Å²) in [5.74, 6) is -0.354. The van der Waals surface area contributed by atoms with E-state index in [-0.39, 0.29) is 28.3 Å². The van der Waals surface area contributed by atoms with E-state index < -0.39 is 18.9 Å². The zero-order chi connectivity index (χ0) is 23.5. The van der Waals surface area contributed by atoms with E-state index >= 15 is 0 Å². The molecule has 1 unspecified atom stereocenters. The summed E-state index contributed by atoms with van der Waals surface area (Å²) in [5.41, 5.74) is 0.373. The summed E-state index contributed by atoms with van der Waals surface area (Å²) in [7, 11) is 1.79. The molecule has 0 heterocycles. The van der Waals surface area contributed by atoms with Gasteiger partial charge in [0.25, 0.3) is 12.3 Å². The molecular formula is C19H32F5N2O4+. The van der Waals surface area contributed by atoms with Gasteiger partial charge < -0.3 is 10.1 Å². The van der Waals surface area contributed by atoms with Crippen LogP contribution in [0.15, 0.2) is 18.2 Å². The molecule has 1 atom stereocenters. The third kappa shape index (κ3) is 11.3. The van der Waals surface area contributed by atoms with Gasteiger partial charge in [0.2, 0.25) is 0 Å². The van der Waals surface area contributed by atoms with Crippen LogP contribution in [0, 0.1) is 0 Å². The molecule has 176 valence electrons. The third-order valence-electron chi connectivity index (χ3n) is 3.97. The number of alkyl halides is 3. The molecule has 0 aliphatic heterocycles. The lowest BCUT2D eigenvalue weighted by Crippen LogP contribution is -3.03. The van der Waals surface area contributed by atoms with Crippen LogP contribution in [0.1, 0.15) is 56.3 Å². The Labute approximate surface area is 173 Å². The van der Waals surface area contributed by atoms with Crippen LogP contribution in [0.2, 0.25) is 0 Å². The van der Waals surface area contributed by atoms with E-state index in [4.69, 9.17) is 18.7 Å². The number of halogens is 5. The number of carbonyl (C=O) groups excluding carboxylic acids is 1. The van der Waals surface area contributed by atoms with Gasteiger partial charge in [0.1, 0.15) is 19.5 Å². The van der Waals surface area contributed by atoms with Crippen molar-refractivity contribution in [3.63, 3.8) is 0 Å². The highest BCUT2D eigenvalue weighted by Crippen LogP contribution is 2.24. The van der Waals surface area contributed by atoms with Gasteiger partial charge in [-0.3, -0.25) is 9.18 Å². The molecule has 0 aromatic heterocycles. The summed E-state index contributed by atoms with van der Waals surface area (Å²) in [4.78, 5) is 17.3. The normalized spacial score (nSPS) is 14.1. The molecule has 0 spiro atoms. The molecule has 3 N–H and O–H groups in total. The van der Waals surface area contributed by atoms with E-state index in [1.807, 2.05) is 13.8 Å². The summed E-state index contributed by atoms with van der Waals surface area (Å²) >= 11 is 0. The van der Waals surface area contributed by atoms with Crippen molar-refractivity contribution in [2.24, 2.45) is 0 Å². The number of benzene rings is 1. The van der Waals surface area contributed by atoms with E-state index in [0.717, 1.165) is 32.1 Å². The molecule has 11 heteroatoms. The predicted octanol–water partition coefficient (Wildman–Crippen LogP) is 4.31. The summed E-state index contributed by atoms with van der Waals surface area (Å²) in [6.45, 7) is 3.20. The van der Waals surface area contributed by atoms with Gasteiger partial charge in [-0.25, -0.2) is 8.78 Å². The quantitative estimate of drug-likeness (QED) is 0.430. The molecule has 1 aliphatic rings. The average molecular weight is 447 g/mol. The first-order valence-electron chi connectivity index (χ1n) is 9.49. The number of nitrogens with one attached hydrogen (secondary N) is 2. The number of hydrogen-bond acceptors (Lipinski definition) is 4. The van der Waals surface area contributed by atoms with Crippen LogP contribution in [0.5, 0.6) is 5.75 Å². The average Bonchev–Trinajstić information content (AvgIpc) is 2.81. The second-order valence-corrected chi connectivity index (χ2v) is 5.73. The minimum Gasteiger partial charge on any atom is -0.487 e. The summed E-state index contributed by atoms with van der Waals surface area (Å²) in [5, 5.41) is 12.2. The largest absolute Gasteiger partial charge is 0.487 e. The van der Waals surface area contributed by atoms with Crippen LogP contribution in [0.25, 0.3) is 0 Å². The maximum atomic E-state index is 12.5. The molecule has 0 saturated heterocycles. The van der Waals surface area contributed by atoms with Crippen LogP contribution in [-0.4, -0.2) is 44.5 Å². The number of quaternary nitrogens is 1. The van der Waals surface area contributed by atoms with E-state index in [9.17, 15) is 23.2 Å². The van der Waals surface area contributed by atoms with Crippen molar-refractivity contribution in [1.82, 2.24) is 5.32 Å². The molecule has 2 rings (SSSR count). The van der Waals surface area contributed by atoms with Gasteiger partial charge in [-0.1, -0.05) is 33.1 Å². The minimum atomic E-state index is -2.64. The van der Waals surface area contributed by atoms with Crippen molar-refractivity contribution in [3.8, 4) is 5.75 Å². The highest BCUT2D eigenvalue weighted by molar-refractivity contribution is 5.97. The highest BCUT2D eigenvalue weighted by atomic mass is 20.0. The molecule has 1 amide bonds. The van der Waals surface area contributed by atoms with E-state index in [0.29, 0.717) is 7.18 Å². The van der Waals surface area contributed by atoms with Gasteiger partial charge in [-0.2, -0.15) is 10.0 Å². The molecule has 0 bridgehead atoms. The van der Waals surface area contributed by atoms with Crippen molar-refractivity contribution in [3.05, 3.63) is 23.8 Å². The second-order valence-electron chi connectivity index (χ2n) is 5.73. The standard InChI is InChI=1S/C16H22F2N2O4.C2H6.CH3F.F2/c1-23-20(22)12-7-8-14(24-10-15(17)18)13(9-12)16(21)19-11-5-3-2-4-6-11;3*1-2/h7-9,11,15,22H,2-6,10H2,1H3,(H,19,21);1-2H3;1H3;/p+1. The van der Waals surface area contributed by atoms with Crippen molar-refractivity contribution in [1.29, 1.82) is 0 Å². The monoisotopic (exact) mass is 447 g/mol. The van der Waals surface area contributed by atoms with Crippen LogP contribution in [-0.2, 0) is 4.84 Å². The first-order valence-corrected chi connectivity index (χ1v) is 9.49. The number of carbonyl (C=O) groups is 1. The molecule has 1 aromatic carbocycles. The topological polar surface area (TPSA) is 72.2 Å². The number of amides is 1. The zero-order valence-corrected chi connectivity index (χ0v) is 17.7. The fourth-order valence-electron chi connectivity index (χ4n) is 2.75. The van der Waals surface area contributed by atoms with Gasteiger partial charge in [0, 0.05) is 27.3 Å². The molecule has 0 radical (unpaired) electrons. The Hall–Kier alpha value is -1.98. The van der Waals surface area contributed by atoms with E-state index in [1.165, 1.54) is 25.3 Å². The minimum absolute atomic E-state index is 0.0521. The van der Waals surface area contributed by atoms with E-state index in [2.05, 4.69) is 5.32 Å². The lowest BCUT2D eigenvalue weighted by atomic mass is 9.95. The predicted molar refractivity (Wildman–Crippen MR) is 102 cm³/mol. The van der Waals surface area contributed by atoms with Gasteiger partial charge in [-0.05, 0) is 24.1 Å². The van der Waals surface area contributed by atoms with Gasteiger partial charge in [0.15, 0.2) is 5.69 Å². The Morgan fingerprint density at radius 3 is 2.27 bits per heavy atom. The molecule has 6 nitrogen and oxygen atoms in total. The molecular weight excluding hydrogens is 415 g/mol. The Morgan fingerprint density at radius 1 is 1.20 bits per heavy atom. The summed E-state index contributed by atoms with van der Waals surface area (Å²) in [6, 6.07) is 4.26. The maximum Gasteiger partial charge on any atom is 0.272 e. The number of rotatable bonds is 7. The molecule has 1 fully saturated rings.